The van der Waals surface area contributed by atoms with Crippen molar-refractivity contribution in [2.45, 2.75) is 33.4 Å². The normalized spacial score (nSPS) is 10.5. The summed E-state index contributed by atoms with van der Waals surface area (Å²) in [6, 6.07) is 20.9. The topological polar surface area (TPSA) is 61.9 Å². The molecule has 0 unspecified atom stereocenters. The van der Waals surface area contributed by atoms with E-state index in [-0.39, 0.29) is 18.5 Å². The Labute approximate surface area is 199 Å². The van der Waals surface area contributed by atoms with Gasteiger partial charge in [-0.3, -0.25) is 4.79 Å². The minimum atomic E-state index is -0.290. The van der Waals surface area contributed by atoms with Crippen LogP contribution in [-0.4, -0.2) is 41.9 Å². The number of carbonyl (C=O) groups is 2. The third-order valence-electron chi connectivity index (χ3n) is 5.16. The first kappa shape index (κ1) is 24.3. The highest BCUT2D eigenvalue weighted by atomic mass is 32.1. The molecule has 0 fully saturated rings. The van der Waals surface area contributed by atoms with Crippen molar-refractivity contribution in [2.75, 3.05) is 25.5 Å². The number of carbonyl (C=O) groups excluding carboxylic acids is 2. The molecule has 0 spiro atoms. The fraction of sp³-hybridized carbons (Fsp3) is 0.308. The Morgan fingerprint density at radius 1 is 0.939 bits per heavy atom. The van der Waals surface area contributed by atoms with E-state index in [2.05, 4.69) is 24.4 Å². The van der Waals surface area contributed by atoms with Gasteiger partial charge in [0.05, 0.1) is 13.7 Å². The Balaban J connectivity index is 1.72. The Hall–Kier alpha value is -3.32. The molecule has 0 saturated carbocycles. The molecule has 0 aliphatic carbocycles. The number of aryl methyl sites for hydroxylation is 1. The number of urea groups is 1. The number of nitrogens with zero attached hydrogens (tertiary/aromatic N) is 2. The molecule has 3 amide bonds. The van der Waals surface area contributed by atoms with E-state index in [4.69, 9.17) is 4.74 Å². The lowest BCUT2D eigenvalue weighted by molar-refractivity contribution is -0.133. The lowest BCUT2D eigenvalue weighted by Crippen LogP contribution is -2.44. The van der Waals surface area contributed by atoms with E-state index in [1.807, 2.05) is 42.2 Å². The van der Waals surface area contributed by atoms with Crippen LogP contribution in [0.5, 0.6) is 5.75 Å². The number of methoxy groups -OCH3 is 1. The maximum absolute atomic E-state index is 13.4. The van der Waals surface area contributed by atoms with Crippen LogP contribution in [0.25, 0.3) is 0 Å². The van der Waals surface area contributed by atoms with Gasteiger partial charge in [-0.15, -0.1) is 11.3 Å². The molecule has 7 heteroatoms. The van der Waals surface area contributed by atoms with Crippen molar-refractivity contribution in [1.29, 1.82) is 0 Å². The zero-order chi connectivity index (χ0) is 23.6. The van der Waals surface area contributed by atoms with E-state index >= 15 is 0 Å². The van der Waals surface area contributed by atoms with Crippen molar-refractivity contribution in [3.8, 4) is 5.75 Å². The maximum Gasteiger partial charge on any atom is 0.322 e. The molecule has 0 aliphatic heterocycles. The summed E-state index contributed by atoms with van der Waals surface area (Å²) < 4.78 is 5.17. The van der Waals surface area contributed by atoms with Crippen LogP contribution in [-0.2, 0) is 17.9 Å². The molecule has 2 aromatic carbocycles. The minimum Gasteiger partial charge on any atom is -0.497 e. The summed E-state index contributed by atoms with van der Waals surface area (Å²) in [7, 11) is 1.60. The van der Waals surface area contributed by atoms with Gasteiger partial charge in [-0.25, -0.2) is 4.79 Å². The summed E-state index contributed by atoms with van der Waals surface area (Å²) in [5.41, 5.74) is 1.72. The van der Waals surface area contributed by atoms with Gasteiger partial charge in [0.25, 0.3) is 0 Å². The van der Waals surface area contributed by atoms with Gasteiger partial charge >= 0.3 is 6.03 Å². The number of hydrogen-bond acceptors (Lipinski definition) is 4. The third-order valence-corrected chi connectivity index (χ3v) is 6.15. The first-order chi connectivity index (χ1) is 16.0. The first-order valence-electron chi connectivity index (χ1n) is 11.1. The van der Waals surface area contributed by atoms with Crippen LogP contribution in [0, 0.1) is 6.92 Å². The van der Waals surface area contributed by atoms with Crippen LogP contribution < -0.4 is 10.1 Å². The summed E-state index contributed by atoms with van der Waals surface area (Å²) in [5.74, 6) is 0.636. The number of ether oxygens (including phenoxy) is 1. The molecule has 1 aromatic heterocycles. The van der Waals surface area contributed by atoms with E-state index in [9.17, 15) is 9.59 Å². The second-order valence-corrected chi connectivity index (χ2v) is 9.20. The number of amides is 3. The van der Waals surface area contributed by atoms with Crippen LogP contribution in [0.3, 0.4) is 0 Å². The molecular formula is C26H31N3O3S. The molecule has 0 radical (unpaired) electrons. The van der Waals surface area contributed by atoms with E-state index in [0.717, 1.165) is 16.9 Å². The lowest BCUT2D eigenvalue weighted by Gasteiger charge is -2.27. The standard InChI is InChI=1S/C26H31N3O3S/c1-4-16-28(26(31)27-22-11-13-23(32-3)14-12-22)19-25(30)29(17-21-8-6-5-7-9-21)18-24-15-10-20(2)33-24/h5-15H,4,16-19H2,1-3H3,(H,27,31). The quantitative estimate of drug-likeness (QED) is 0.428. The zero-order valence-electron chi connectivity index (χ0n) is 19.4. The largest absolute Gasteiger partial charge is 0.497 e. The Bertz CT molecular complexity index is 1030. The predicted molar refractivity (Wildman–Crippen MR) is 134 cm³/mol. The summed E-state index contributed by atoms with van der Waals surface area (Å²) in [4.78, 5) is 32.1. The second kappa shape index (κ2) is 12.1. The SMILES string of the molecule is CCCN(CC(=O)N(Cc1ccccc1)Cc1ccc(C)s1)C(=O)Nc1ccc(OC)cc1. The molecule has 174 valence electrons. The monoisotopic (exact) mass is 465 g/mol. The molecule has 0 atom stereocenters. The van der Waals surface area contributed by atoms with Gasteiger partial charge in [0.1, 0.15) is 12.3 Å². The minimum absolute atomic E-state index is 0.0209. The molecule has 33 heavy (non-hydrogen) atoms. The summed E-state index contributed by atoms with van der Waals surface area (Å²) in [5, 5.41) is 2.89. The van der Waals surface area contributed by atoms with E-state index in [1.54, 1.807) is 47.6 Å². The van der Waals surface area contributed by atoms with Crippen LogP contribution in [0.2, 0.25) is 0 Å². The summed E-state index contributed by atoms with van der Waals surface area (Å²) in [6.07, 6.45) is 0.756. The zero-order valence-corrected chi connectivity index (χ0v) is 20.2. The highest BCUT2D eigenvalue weighted by Gasteiger charge is 2.22. The van der Waals surface area contributed by atoms with Crippen LogP contribution >= 0.6 is 11.3 Å². The van der Waals surface area contributed by atoms with Gasteiger partial charge in [0, 0.05) is 28.5 Å². The second-order valence-electron chi connectivity index (χ2n) is 7.83. The van der Waals surface area contributed by atoms with Crippen molar-refractivity contribution in [2.24, 2.45) is 0 Å². The van der Waals surface area contributed by atoms with Crippen molar-refractivity contribution in [3.05, 3.63) is 82.0 Å². The fourth-order valence-corrected chi connectivity index (χ4v) is 4.36. The van der Waals surface area contributed by atoms with Gasteiger partial charge in [-0.1, -0.05) is 37.3 Å². The van der Waals surface area contributed by atoms with Crippen molar-refractivity contribution in [1.82, 2.24) is 9.80 Å². The molecule has 0 aliphatic rings. The number of rotatable bonds is 10. The number of hydrogen-bond donors (Lipinski definition) is 1. The van der Waals surface area contributed by atoms with Crippen molar-refractivity contribution in [3.63, 3.8) is 0 Å². The molecule has 0 bridgehead atoms. The highest BCUT2D eigenvalue weighted by Crippen LogP contribution is 2.19. The lowest BCUT2D eigenvalue weighted by atomic mass is 10.2. The molecule has 6 nitrogen and oxygen atoms in total. The third kappa shape index (κ3) is 7.36. The fourth-order valence-electron chi connectivity index (χ4n) is 3.46. The average molecular weight is 466 g/mol. The predicted octanol–water partition coefficient (Wildman–Crippen LogP) is 5.54. The Morgan fingerprint density at radius 2 is 1.67 bits per heavy atom. The van der Waals surface area contributed by atoms with Crippen LogP contribution in [0.1, 0.15) is 28.7 Å². The number of anilines is 1. The average Bonchev–Trinajstić information content (AvgIpc) is 3.24. The molecule has 1 heterocycles. The van der Waals surface area contributed by atoms with E-state index in [1.165, 1.54) is 4.88 Å². The van der Waals surface area contributed by atoms with Crippen LogP contribution in [0.15, 0.2) is 66.7 Å². The van der Waals surface area contributed by atoms with Crippen LogP contribution in [0.4, 0.5) is 10.5 Å². The van der Waals surface area contributed by atoms with Gasteiger partial charge in [0.2, 0.25) is 5.91 Å². The first-order valence-corrected chi connectivity index (χ1v) is 11.9. The number of benzene rings is 2. The van der Waals surface area contributed by atoms with E-state index < -0.39 is 0 Å². The van der Waals surface area contributed by atoms with Gasteiger partial charge < -0.3 is 19.9 Å². The smallest absolute Gasteiger partial charge is 0.322 e. The maximum atomic E-state index is 13.4. The molecule has 3 rings (SSSR count). The molecule has 3 aromatic rings. The van der Waals surface area contributed by atoms with E-state index in [0.29, 0.717) is 31.1 Å². The molecular weight excluding hydrogens is 434 g/mol. The highest BCUT2D eigenvalue weighted by molar-refractivity contribution is 7.11. The van der Waals surface area contributed by atoms with Gasteiger partial charge in [-0.2, -0.15) is 0 Å². The van der Waals surface area contributed by atoms with Gasteiger partial charge in [0.15, 0.2) is 0 Å². The number of nitrogens with one attached hydrogen (secondary N) is 1. The van der Waals surface area contributed by atoms with Crippen molar-refractivity contribution >= 4 is 29.0 Å². The Kier molecular flexibility index (Phi) is 8.89. The summed E-state index contributed by atoms with van der Waals surface area (Å²) in [6.45, 7) is 5.58. The number of thiophene rings is 1. The molecule has 1 N–H and O–H groups in total. The molecule has 0 saturated heterocycles. The Morgan fingerprint density at radius 3 is 2.27 bits per heavy atom. The van der Waals surface area contributed by atoms with Gasteiger partial charge in [-0.05, 0) is 55.3 Å². The summed E-state index contributed by atoms with van der Waals surface area (Å²) >= 11 is 1.69. The van der Waals surface area contributed by atoms with Crippen molar-refractivity contribution < 1.29 is 14.3 Å².